The third kappa shape index (κ3) is 7.48. The number of piperidine rings is 3. The first-order valence-corrected chi connectivity index (χ1v) is 17.7. The molecule has 2 bridgehead atoms. The van der Waals surface area contributed by atoms with Gasteiger partial charge in [-0.2, -0.15) is 0 Å². The summed E-state index contributed by atoms with van der Waals surface area (Å²) in [4.78, 5) is 4.76. The van der Waals surface area contributed by atoms with Crippen LogP contribution in [0, 0.1) is 11.8 Å². The van der Waals surface area contributed by atoms with Crippen LogP contribution in [0.15, 0.2) is 85.6 Å². The lowest BCUT2D eigenvalue weighted by Crippen LogP contribution is -3.00. The minimum Gasteiger partial charge on any atom is -1.00 e. The van der Waals surface area contributed by atoms with Crippen LogP contribution in [-0.4, -0.2) is 42.8 Å². The lowest BCUT2D eigenvalue weighted by Gasteiger charge is -2.58. The van der Waals surface area contributed by atoms with E-state index in [0.29, 0.717) is 18.4 Å². The van der Waals surface area contributed by atoms with Gasteiger partial charge in [-0.05, 0) is 64.3 Å². The first-order valence-electron chi connectivity index (χ1n) is 17.7. The van der Waals surface area contributed by atoms with Gasteiger partial charge in [-0.15, -0.1) is 6.58 Å². The van der Waals surface area contributed by atoms with Crippen LogP contribution in [-0.2, 0) is 28.7 Å². The molecule has 0 amide bonds. The van der Waals surface area contributed by atoms with Gasteiger partial charge in [0.15, 0.2) is 0 Å². The van der Waals surface area contributed by atoms with E-state index in [2.05, 4.69) is 115 Å². The Hall–Kier alpha value is -3.19. The van der Waals surface area contributed by atoms with Gasteiger partial charge in [0.1, 0.15) is 30.2 Å². The second-order valence-electron chi connectivity index (χ2n) is 16.3. The Morgan fingerprint density at radius 2 is 1.59 bits per heavy atom. The number of ether oxygens (including phenoxy) is 3. The molecule has 0 saturated carbocycles. The van der Waals surface area contributed by atoms with Gasteiger partial charge in [0.2, 0.25) is 0 Å². The van der Waals surface area contributed by atoms with Crippen LogP contribution in [0.25, 0.3) is 10.9 Å². The molecule has 0 unspecified atom stereocenters. The number of hydrogen-bond donors (Lipinski definition) is 0. The number of nitrogens with zero attached hydrogens (tertiary/aromatic N) is 2. The second kappa shape index (κ2) is 14.6. The van der Waals surface area contributed by atoms with Crippen LogP contribution in [0.4, 0.5) is 0 Å². The number of halogens is 1. The molecule has 1 aromatic heterocycles. The van der Waals surface area contributed by atoms with E-state index in [4.69, 9.17) is 19.2 Å². The number of fused-ring (bicyclic) bond motifs is 4. The molecule has 6 heteroatoms. The Balaban J connectivity index is 0.00000468. The van der Waals surface area contributed by atoms with E-state index in [-0.39, 0.29) is 40.0 Å². The Kier molecular flexibility index (Phi) is 11.0. The van der Waals surface area contributed by atoms with Gasteiger partial charge >= 0.3 is 0 Å². The minimum atomic E-state index is -0.126. The maximum absolute atomic E-state index is 7.18. The first-order chi connectivity index (χ1) is 22.9. The number of rotatable bonds is 10. The third-order valence-electron chi connectivity index (χ3n) is 11.1. The van der Waals surface area contributed by atoms with Crippen molar-refractivity contribution >= 4 is 10.9 Å². The molecule has 3 aliphatic heterocycles. The maximum atomic E-state index is 7.18. The van der Waals surface area contributed by atoms with Crippen LogP contribution in [0.2, 0.25) is 0 Å². The fourth-order valence-corrected chi connectivity index (χ4v) is 8.53. The lowest BCUT2D eigenvalue weighted by atomic mass is 9.70. The van der Waals surface area contributed by atoms with Crippen molar-refractivity contribution < 1.29 is 35.7 Å². The van der Waals surface area contributed by atoms with Crippen molar-refractivity contribution in [2.75, 3.05) is 27.3 Å². The molecule has 3 saturated heterocycles. The molecule has 4 heterocycles. The van der Waals surface area contributed by atoms with E-state index in [9.17, 15) is 0 Å². The highest BCUT2D eigenvalue weighted by Gasteiger charge is 2.55. The van der Waals surface area contributed by atoms with Gasteiger partial charge in [-0.25, -0.2) is 0 Å². The van der Waals surface area contributed by atoms with E-state index in [1.165, 1.54) is 34.2 Å². The first kappa shape index (κ1) is 37.1. The molecular formula is C43H55BrN2O3. The van der Waals surface area contributed by atoms with E-state index in [0.717, 1.165) is 52.9 Å². The number of benzene rings is 3. The number of hydrogen-bond acceptors (Lipinski definition) is 4. The molecule has 0 aliphatic carbocycles. The number of methoxy groups -OCH3 is 2. The fraction of sp³-hybridized carbons (Fsp3) is 0.465. The van der Waals surface area contributed by atoms with Gasteiger partial charge in [-0.1, -0.05) is 78.0 Å². The minimum absolute atomic E-state index is 0. The highest BCUT2D eigenvalue weighted by Crippen LogP contribution is 2.50. The summed E-state index contributed by atoms with van der Waals surface area (Å²) in [6.45, 7) is 21.8. The van der Waals surface area contributed by atoms with Crippen molar-refractivity contribution in [3.63, 3.8) is 0 Å². The molecule has 0 N–H and O–H groups in total. The number of quaternary nitrogens is 1. The zero-order valence-electron chi connectivity index (χ0n) is 30.8. The van der Waals surface area contributed by atoms with Crippen LogP contribution >= 0.6 is 0 Å². The molecular weight excluding hydrogens is 672 g/mol. The summed E-state index contributed by atoms with van der Waals surface area (Å²) in [5, 5.41) is 1.10. The van der Waals surface area contributed by atoms with Crippen molar-refractivity contribution in [2.45, 2.75) is 90.5 Å². The van der Waals surface area contributed by atoms with E-state index in [1.54, 1.807) is 7.11 Å². The molecule has 49 heavy (non-hydrogen) atoms. The largest absolute Gasteiger partial charge is 1.00 e. The lowest BCUT2D eigenvalue weighted by molar-refractivity contribution is -0.985. The molecule has 3 aromatic carbocycles. The molecule has 5 atom stereocenters. The summed E-state index contributed by atoms with van der Waals surface area (Å²) in [5.74, 6) is 2.95. The van der Waals surface area contributed by atoms with Crippen molar-refractivity contribution in [3.8, 4) is 11.5 Å². The summed E-state index contributed by atoms with van der Waals surface area (Å²) in [5.41, 5.74) is 7.16. The Morgan fingerprint density at radius 1 is 0.898 bits per heavy atom. The average Bonchev–Trinajstić information content (AvgIpc) is 3.07. The third-order valence-corrected chi connectivity index (χ3v) is 11.1. The molecule has 3 aliphatic rings. The summed E-state index contributed by atoms with van der Waals surface area (Å²) in [6, 6.07) is 24.1. The topological polar surface area (TPSA) is 40.6 Å². The standard InChI is InChI=1S/C43H55N2O3.BrH/c1-10-31-27-45(26-30-22-36(42(2,3)4)41(47-9)37(23-30)43(5,6)7)21-19-32(31)24-39(45)40(48-28-29-14-12-11-13-15-29)34-18-20-44-38-17-16-33(46-8)25-35(34)38;/h10-18,20,22-23,25,31-32,39-40H,1,19,21,24,26-28H2,2-9H3;1H/q+1;/p-1/t31-,32-,39-,40+,45+;/m0./s1. The van der Waals surface area contributed by atoms with Gasteiger partial charge in [-0.3, -0.25) is 4.98 Å². The molecule has 7 rings (SSSR count). The number of pyridine rings is 1. The van der Waals surface area contributed by atoms with E-state index in [1.807, 2.05) is 19.4 Å². The van der Waals surface area contributed by atoms with Crippen LogP contribution < -0.4 is 26.5 Å². The summed E-state index contributed by atoms with van der Waals surface area (Å²) < 4.78 is 20.0. The predicted molar refractivity (Wildman–Crippen MR) is 197 cm³/mol. The van der Waals surface area contributed by atoms with Crippen molar-refractivity contribution in [1.82, 2.24) is 4.98 Å². The van der Waals surface area contributed by atoms with Gasteiger partial charge < -0.3 is 35.7 Å². The fourth-order valence-electron chi connectivity index (χ4n) is 8.53. The molecule has 4 aromatic rings. The Labute approximate surface area is 305 Å². The van der Waals surface area contributed by atoms with Crippen molar-refractivity contribution in [2.24, 2.45) is 11.8 Å². The van der Waals surface area contributed by atoms with E-state index < -0.39 is 0 Å². The maximum Gasteiger partial charge on any atom is 0.135 e. The summed E-state index contributed by atoms with van der Waals surface area (Å²) in [6.07, 6.45) is 6.36. The molecule has 5 nitrogen and oxygen atoms in total. The molecule has 0 radical (unpaired) electrons. The van der Waals surface area contributed by atoms with Crippen molar-refractivity contribution in [1.29, 1.82) is 0 Å². The van der Waals surface area contributed by atoms with Crippen LogP contribution in [0.1, 0.15) is 88.3 Å². The zero-order chi connectivity index (χ0) is 34.3. The SMILES string of the molecule is C=C[C@H]1C[N@+]2(Cc3cc(C(C)(C)C)c(OC)c(C(C)(C)C)c3)CC[C@H]1C[C@H]2[C@H](OCc1ccccc1)c1ccnc2ccc(OC)cc12.[Br-]. The molecule has 0 spiro atoms. The van der Waals surface area contributed by atoms with Crippen molar-refractivity contribution in [3.05, 3.63) is 113 Å². The predicted octanol–water partition coefficient (Wildman–Crippen LogP) is 6.72. The monoisotopic (exact) mass is 726 g/mol. The summed E-state index contributed by atoms with van der Waals surface area (Å²) >= 11 is 0. The average molecular weight is 728 g/mol. The smallest absolute Gasteiger partial charge is 0.135 e. The highest BCUT2D eigenvalue weighted by molar-refractivity contribution is 5.84. The zero-order valence-corrected chi connectivity index (χ0v) is 32.3. The summed E-state index contributed by atoms with van der Waals surface area (Å²) in [7, 11) is 3.55. The van der Waals surface area contributed by atoms with Crippen LogP contribution in [0.5, 0.6) is 11.5 Å². The molecule has 3 fully saturated rings. The normalized spacial score (nSPS) is 22.7. The van der Waals surface area contributed by atoms with Gasteiger partial charge in [0, 0.05) is 47.0 Å². The quantitative estimate of drug-likeness (QED) is 0.135. The molecule has 262 valence electrons. The van der Waals surface area contributed by atoms with Gasteiger partial charge in [0.05, 0.1) is 39.4 Å². The van der Waals surface area contributed by atoms with Crippen LogP contribution in [0.3, 0.4) is 0 Å². The van der Waals surface area contributed by atoms with E-state index >= 15 is 0 Å². The Morgan fingerprint density at radius 3 is 2.20 bits per heavy atom. The Bertz CT molecular complexity index is 1720. The second-order valence-corrected chi connectivity index (χ2v) is 16.3. The van der Waals surface area contributed by atoms with Gasteiger partial charge in [0.25, 0.3) is 0 Å². The highest BCUT2D eigenvalue weighted by atomic mass is 79.9. The number of aromatic nitrogens is 1.